The highest BCUT2D eigenvalue weighted by molar-refractivity contribution is 5.85. The van der Waals surface area contributed by atoms with Crippen molar-refractivity contribution in [3.8, 4) is 0 Å². The van der Waals surface area contributed by atoms with Gasteiger partial charge in [-0.3, -0.25) is 4.79 Å². The van der Waals surface area contributed by atoms with Gasteiger partial charge in [0.15, 0.2) is 0 Å². The Kier molecular flexibility index (Phi) is 10.3. The second-order valence-electron chi connectivity index (χ2n) is 5.56. The minimum Gasteiger partial charge on any atom is -0.355 e. The van der Waals surface area contributed by atoms with E-state index in [4.69, 9.17) is 5.73 Å². The number of hydrogen-bond acceptors (Lipinski definition) is 3. The Balaban J connectivity index is 0.00000324. The van der Waals surface area contributed by atoms with Crippen LogP contribution in [0.15, 0.2) is 0 Å². The molecule has 0 spiro atoms. The van der Waals surface area contributed by atoms with Crippen molar-refractivity contribution in [1.29, 1.82) is 0 Å². The van der Waals surface area contributed by atoms with Gasteiger partial charge in [0.05, 0.1) is 6.04 Å². The van der Waals surface area contributed by atoms with Crippen molar-refractivity contribution in [2.24, 2.45) is 11.7 Å². The zero-order valence-electron chi connectivity index (χ0n) is 12.4. The Morgan fingerprint density at radius 3 is 2.63 bits per heavy atom. The van der Waals surface area contributed by atoms with Crippen molar-refractivity contribution in [3.05, 3.63) is 0 Å². The van der Waals surface area contributed by atoms with E-state index in [0.29, 0.717) is 0 Å². The number of halogens is 1. The fraction of sp³-hybridized carbons (Fsp3) is 0.929. The first-order valence-electron chi connectivity index (χ1n) is 7.39. The van der Waals surface area contributed by atoms with Gasteiger partial charge in [-0.05, 0) is 51.2 Å². The van der Waals surface area contributed by atoms with Crippen LogP contribution in [0.5, 0.6) is 0 Å². The summed E-state index contributed by atoms with van der Waals surface area (Å²) >= 11 is 0. The molecule has 1 aliphatic rings. The van der Waals surface area contributed by atoms with Gasteiger partial charge in [0.1, 0.15) is 0 Å². The van der Waals surface area contributed by atoms with Gasteiger partial charge in [-0.2, -0.15) is 0 Å². The molecule has 0 aromatic rings. The van der Waals surface area contributed by atoms with Crippen LogP contribution in [-0.2, 0) is 4.79 Å². The molecule has 0 saturated carbocycles. The maximum absolute atomic E-state index is 11.6. The van der Waals surface area contributed by atoms with E-state index in [2.05, 4.69) is 17.1 Å². The predicted molar refractivity (Wildman–Crippen MR) is 82.6 cm³/mol. The lowest BCUT2D eigenvalue weighted by Crippen LogP contribution is -2.41. The molecule has 19 heavy (non-hydrogen) atoms. The monoisotopic (exact) mass is 291 g/mol. The average Bonchev–Trinajstić information content (AvgIpc) is 2.36. The Hall–Kier alpha value is -0.320. The van der Waals surface area contributed by atoms with E-state index in [1.807, 2.05) is 6.92 Å². The van der Waals surface area contributed by atoms with Crippen LogP contribution in [0.3, 0.4) is 0 Å². The van der Waals surface area contributed by atoms with Crippen LogP contribution in [0.2, 0.25) is 0 Å². The van der Waals surface area contributed by atoms with Crippen LogP contribution >= 0.6 is 12.4 Å². The molecule has 1 heterocycles. The third-order valence-corrected chi connectivity index (χ3v) is 3.76. The van der Waals surface area contributed by atoms with E-state index >= 15 is 0 Å². The third kappa shape index (κ3) is 7.75. The standard InChI is InChI=1S/C14H29N3O.ClH/c1-3-5-13(15)14(18)16-8-4-9-17-10-6-12(2)7-11-17;/h12-13H,3-11,15H2,1-2H3,(H,16,18);1H. The number of likely N-dealkylation sites (tertiary alicyclic amines) is 1. The number of amides is 1. The molecule has 1 aliphatic heterocycles. The summed E-state index contributed by atoms with van der Waals surface area (Å²) in [6, 6.07) is -0.328. The molecule has 1 amide bonds. The first-order valence-corrected chi connectivity index (χ1v) is 7.39. The molecule has 0 aromatic carbocycles. The summed E-state index contributed by atoms with van der Waals surface area (Å²) in [6.07, 6.45) is 5.39. The quantitative estimate of drug-likeness (QED) is 0.703. The van der Waals surface area contributed by atoms with Gasteiger partial charge in [-0.25, -0.2) is 0 Å². The van der Waals surface area contributed by atoms with E-state index < -0.39 is 0 Å². The fourth-order valence-electron chi connectivity index (χ4n) is 2.37. The normalized spacial score (nSPS) is 18.7. The van der Waals surface area contributed by atoms with Gasteiger partial charge >= 0.3 is 0 Å². The molecular weight excluding hydrogens is 262 g/mol. The molecule has 3 N–H and O–H groups in total. The van der Waals surface area contributed by atoms with Gasteiger partial charge in [-0.1, -0.05) is 20.3 Å². The number of nitrogens with two attached hydrogens (primary N) is 1. The van der Waals surface area contributed by atoms with Crippen LogP contribution in [0.4, 0.5) is 0 Å². The van der Waals surface area contributed by atoms with Gasteiger partial charge in [0.25, 0.3) is 0 Å². The average molecular weight is 292 g/mol. The maximum Gasteiger partial charge on any atom is 0.236 e. The number of carbonyl (C=O) groups excluding carboxylic acids is 1. The van der Waals surface area contributed by atoms with Crippen LogP contribution in [0.25, 0.3) is 0 Å². The van der Waals surface area contributed by atoms with Crippen molar-refractivity contribution in [2.75, 3.05) is 26.2 Å². The molecule has 0 radical (unpaired) electrons. The van der Waals surface area contributed by atoms with Crippen molar-refractivity contribution in [2.45, 2.75) is 52.0 Å². The number of nitrogens with one attached hydrogen (secondary N) is 1. The SMILES string of the molecule is CCCC(N)C(=O)NCCCN1CCC(C)CC1.Cl. The smallest absolute Gasteiger partial charge is 0.236 e. The lowest BCUT2D eigenvalue weighted by Gasteiger charge is -2.30. The van der Waals surface area contributed by atoms with Crippen molar-refractivity contribution < 1.29 is 4.79 Å². The number of nitrogens with zero attached hydrogens (tertiary/aromatic N) is 1. The Morgan fingerprint density at radius 2 is 2.05 bits per heavy atom. The highest BCUT2D eigenvalue weighted by atomic mass is 35.5. The second kappa shape index (κ2) is 10.5. The van der Waals surface area contributed by atoms with Crippen LogP contribution in [-0.4, -0.2) is 43.0 Å². The molecule has 1 rings (SSSR count). The molecule has 1 atom stereocenters. The molecule has 0 aromatic heterocycles. The van der Waals surface area contributed by atoms with Gasteiger partial charge in [0.2, 0.25) is 5.91 Å². The third-order valence-electron chi connectivity index (χ3n) is 3.76. The Labute approximate surface area is 123 Å². The predicted octanol–water partition coefficient (Wildman–Crippen LogP) is 1.77. The number of piperidine rings is 1. The van der Waals surface area contributed by atoms with E-state index in [1.54, 1.807) is 0 Å². The summed E-state index contributed by atoms with van der Waals surface area (Å²) in [4.78, 5) is 14.1. The summed E-state index contributed by atoms with van der Waals surface area (Å²) < 4.78 is 0. The first kappa shape index (κ1) is 18.7. The largest absolute Gasteiger partial charge is 0.355 e. The van der Waals surface area contributed by atoms with Gasteiger partial charge < -0.3 is 16.0 Å². The molecule has 1 unspecified atom stereocenters. The summed E-state index contributed by atoms with van der Waals surface area (Å²) in [5.41, 5.74) is 5.75. The summed E-state index contributed by atoms with van der Waals surface area (Å²) in [5.74, 6) is 0.886. The molecule has 5 heteroatoms. The zero-order valence-corrected chi connectivity index (χ0v) is 13.2. The molecule has 0 aliphatic carbocycles. The Bertz CT molecular complexity index is 243. The highest BCUT2D eigenvalue weighted by Crippen LogP contribution is 2.15. The van der Waals surface area contributed by atoms with Crippen molar-refractivity contribution in [3.63, 3.8) is 0 Å². The minimum absolute atomic E-state index is 0. The fourth-order valence-corrected chi connectivity index (χ4v) is 2.37. The minimum atomic E-state index is -0.328. The first-order chi connectivity index (χ1) is 8.63. The molecule has 4 nitrogen and oxygen atoms in total. The van der Waals surface area contributed by atoms with E-state index in [1.165, 1.54) is 25.9 Å². The maximum atomic E-state index is 11.6. The number of hydrogen-bond donors (Lipinski definition) is 2. The van der Waals surface area contributed by atoms with Crippen LogP contribution in [0.1, 0.15) is 46.0 Å². The molecule has 114 valence electrons. The van der Waals surface area contributed by atoms with Crippen LogP contribution < -0.4 is 11.1 Å². The van der Waals surface area contributed by atoms with Gasteiger partial charge in [-0.15, -0.1) is 12.4 Å². The molecule has 0 bridgehead atoms. The number of carbonyl (C=O) groups is 1. The summed E-state index contributed by atoms with van der Waals surface area (Å²) in [6.45, 7) is 8.64. The van der Waals surface area contributed by atoms with Crippen molar-refractivity contribution in [1.82, 2.24) is 10.2 Å². The molecule has 1 saturated heterocycles. The summed E-state index contributed by atoms with van der Waals surface area (Å²) in [5, 5.41) is 2.92. The highest BCUT2D eigenvalue weighted by Gasteiger charge is 2.15. The molecular formula is C14H30ClN3O. The topological polar surface area (TPSA) is 58.4 Å². The van der Waals surface area contributed by atoms with Crippen LogP contribution in [0, 0.1) is 5.92 Å². The summed E-state index contributed by atoms with van der Waals surface area (Å²) in [7, 11) is 0. The van der Waals surface area contributed by atoms with Crippen molar-refractivity contribution >= 4 is 18.3 Å². The van der Waals surface area contributed by atoms with E-state index in [-0.39, 0.29) is 24.4 Å². The Morgan fingerprint density at radius 1 is 1.42 bits per heavy atom. The van der Waals surface area contributed by atoms with Gasteiger partial charge in [0, 0.05) is 6.54 Å². The lowest BCUT2D eigenvalue weighted by atomic mass is 9.99. The second-order valence-corrected chi connectivity index (χ2v) is 5.56. The van der Waals surface area contributed by atoms with E-state index in [9.17, 15) is 4.79 Å². The number of rotatable bonds is 7. The lowest BCUT2D eigenvalue weighted by molar-refractivity contribution is -0.122. The van der Waals surface area contributed by atoms with E-state index in [0.717, 1.165) is 38.3 Å². The zero-order chi connectivity index (χ0) is 13.4. The molecule has 1 fully saturated rings.